The first-order valence-corrected chi connectivity index (χ1v) is 11.2. The van der Waals surface area contributed by atoms with Gasteiger partial charge in [0.1, 0.15) is 0 Å². The summed E-state index contributed by atoms with van der Waals surface area (Å²) >= 11 is 0. The first-order chi connectivity index (χ1) is 15.3. The van der Waals surface area contributed by atoms with Crippen molar-refractivity contribution < 1.29 is 4.79 Å². The molecule has 0 saturated carbocycles. The molecule has 0 unspecified atom stereocenters. The third-order valence-corrected chi connectivity index (χ3v) is 6.72. The fraction of sp³-hybridized carbons (Fsp3) is 0.296. The molecule has 5 rings (SSSR count). The van der Waals surface area contributed by atoms with Gasteiger partial charge in [0.15, 0.2) is 0 Å². The van der Waals surface area contributed by atoms with Crippen LogP contribution in [-0.4, -0.2) is 48.6 Å². The number of hydrogen-bond acceptors (Lipinski definition) is 2. The molecule has 1 N–H and O–H groups in total. The molecule has 2 heterocycles. The fourth-order valence-corrected chi connectivity index (χ4v) is 5.16. The summed E-state index contributed by atoms with van der Waals surface area (Å²) in [4.78, 5) is 17.3. The smallest absolute Gasteiger partial charge is 0.321 e. The molecule has 4 nitrogen and oxygen atoms in total. The molecule has 31 heavy (non-hydrogen) atoms. The van der Waals surface area contributed by atoms with Crippen LogP contribution in [0.15, 0.2) is 91.0 Å². The Hall–Kier alpha value is -3.11. The van der Waals surface area contributed by atoms with E-state index in [4.69, 9.17) is 0 Å². The van der Waals surface area contributed by atoms with Crippen LogP contribution in [-0.2, 0) is 0 Å². The molecule has 2 fully saturated rings. The topological polar surface area (TPSA) is 35.6 Å². The van der Waals surface area contributed by atoms with Gasteiger partial charge in [0.25, 0.3) is 0 Å². The molecule has 0 radical (unpaired) electrons. The van der Waals surface area contributed by atoms with E-state index in [9.17, 15) is 4.79 Å². The van der Waals surface area contributed by atoms with Crippen molar-refractivity contribution in [2.75, 3.05) is 38.0 Å². The summed E-state index contributed by atoms with van der Waals surface area (Å²) in [5.41, 5.74) is 3.60. The molecule has 3 aromatic rings. The predicted molar refractivity (Wildman–Crippen MR) is 125 cm³/mol. The average molecular weight is 412 g/mol. The van der Waals surface area contributed by atoms with E-state index in [2.05, 4.69) is 70.9 Å². The van der Waals surface area contributed by atoms with Gasteiger partial charge in [-0.2, -0.15) is 0 Å². The molecule has 0 aromatic heterocycles. The van der Waals surface area contributed by atoms with Gasteiger partial charge in [-0.25, -0.2) is 4.79 Å². The van der Waals surface area contributed by atoms with Crippen LogP contribution in [0.3, 0.4) is 0 Å². The van der Waals surface area contributed by atoms with Crippen molar-refractivity contribution >= 4 is 11.7 Å². The summed E-state index contributed by atoms with van der Waals surface area (Å²) < 4.78 is 0. The summed E-state index contributed by atoms with van der Waals surface area (Å²) in [5.74, 6) is 1.50. The lowest BCUT2D eigenvalue weighted by Gasteiger charge is -2.26. The average Bonchev–Trinajstić information content (AvgIpc) is 3.38. The normalized spacial score (nSPS) is 20.7. The number of urea groups is 1. The zero-order chi connectivity index (χ0) is 21.0. The van der Waals surface area contributed by atoms with Crippen molar-refractivity contribution in [3.63, 3.8) is 0 Å². The number of carbonyl (C=O) groups is 1. The largest absolute Gasteiger partial charge is 0.324 e. The second kappa shape index (κ2) is 8.94. The molecule has 0 spiro atoms. The number of likely N-dealkylation sites (tertiary alicyclic amines) is 2. The molecule has 2 amide bonds. The number of anilines is 1. The Balaban J connectivity index is 1.22. The molecule has 2 saturated heterocycles. The van der Waals surface area contributed by atoms with Crippen molar-refractivity contribution in [1.29, 1.82) is 0 Å². The quantitative estimate of drug-likeness (QED) is 0.647. The summed E-state index contributed by atoms with van der Waals surface area (Å²) in [6.07, 6.45) is 0. The van der Waals surface area contributed by atoms with Crippen molar-refractivity contribution in [1.82, 2.24) is 9.80 Å². The van der Waals surface area contributed by atoms with Crippen LogP contribution in [0.1, 0.15) is 17.0 Å². The van der Waals surface area contributed by atoms with Gasteiger partial charge in [0, 0.05) is 44.3 Å². The lowest BCUT2D eigenvalue weighted by molar-refractivity contribution is 0.212. The van der Waals surface area contributed by atoms with E-state index in [1.54, 1.807) is 0 Å². The van der Waals surface area contributed by atoms with Gasteiger partial charge in [-0.05, 0) is 35.1 Å². The zero-order valence-corrected chi connectivity index (χ0v) is 17.7. The standard InChI is InChI=1S/C27H29N3O/c31-27(28-25-14-8-3-9-15-25)30-18-23-16-29(17-24(23)19-30)20-26(21-10-4-1-5-11-21)22-12-6-2-7-13-22/h1-15,23-24,26H,16-20H2,(H,28,31)/t23-,24+. The Morgan fingerprint density at radius 3 is 1.74 bits per heavy atom. The molecule has 3 aromatic carbocycles. The van der Waals surface area contributed by atoms with E-state index in [-0.39, 0.29) is 6.03 Å². The highest BCUT2D eigenvalue weighted by molar-refractivity contribution is 5.89. The van der Waals surface area contributed by atoms with Crippen LogP contribution >= 0.6 is 0 Å². The van der Waals surface area contributed by atoms with Crippen molar-refractivity contribution in [3.8, 4) is 0 Å². The first kappa shape index (κ1) is 19.8. The van der Waals surface area contributed by atoms with Gasteiger partial charge in [-0.15, -0.1) is 0 Å². The second-order valence-electron chi connectivity index (χ2n) is 8.81. The minimum atomic E-state index is 0.0265. The number of benzene rings is 3. The number of para-hydroxylation sites is 1. The maximum Gasteiger partial charge on any atom is 0.321 e. The predicted octanol–water partition coefficient (Wildman–Crippen LogP) is 4.91. The summed E-state index contributed by atoms with van der Waals surface area (Å²) in [7, 11) is 0. The van der Waals surface area contributed by atoms with Crippen molar-refractivity contribution in [3.05, 3.63) is 102 Å². The number of nitrogens with one attached hydrogen (secondary N) is 1. The molecule has 0 bridgehead atoms. The lowest BCUT2D eigenvalue weighted by Crippen LogP contribution is -2.37. The van der Waals surface area contributed by atoms with E-state index < -0.39 is 0 Å². The third-order valence-electron chi connectivity index (χ3n) is 6.72. The Morgan fingerprint density at radius 1 is 0.742 bits per heavy atom. The minimum Gasteiger partial charge on any atom is -0.324 e. The van der Waals surface area contributed by atoms with Gasteiger partial charge in [0.2, 0.25) is 0 Å². The highest BCUT2D eigenvalue weighted by atomic mass is 16.2. The molecule has 4 heteroatoms. The van der Waals surface area contributed by atoms with Gasteiger partial charge in [0.05, 0.1) is 0 Å². The number of hydrogen-bond donors (Lipinski definition) is 1. The monoisotopic (exact) mass is 411 g/mol. The van der Waals surface area contributed by atoms with E-state index in [1.165, 1.54) is 11.1 Å². The van der Waals surface area contributed by atoms with Gasteiger partial charge >= 0.3 is 6.03 Å². The first-order valence-electron chi connectivity index (χ1n) is 11.2. The Kier molecular flexibility index (Phi) is 5.72. The number of fused-ring (bicyclic) bond motifs is 1. The fourth-order valence-electron chi connectivity index (χ4n) is 5.16. The zero-order valence-electron chi connectivity index (χ0n) is 17.7. The molecule has 2 aliphatic heterocycles. The van der Waals surface area contributed by atoms with Crippen LogP contribution < -0.4 is 5.32 Å². The Labute approximate surface area is 184 Å². The molecular weight excluding hydrogens is 382 g/mol. The maximum absolute atomic E-state index is 12.7. The number of rotatable bonds is 5. The van der Waals surface area contributed by atoms with Crippen LogP contribution in [0.25, 0.3) is 0 Å². The summed E-state index contributed by atoms with van der Waals surface area (Å²) in [6.45, 7) is 4.85. The highest BCUT2D eigenvalue weighted by Gasteiger charge is 2.42. The summed E-state index contributed by atoms with van der Waals surface area (Å²) in [6, 6.07) is 31.4. The minimum absolute atomic E-state index is 0.0265. The number of carbonyl (C=O) groups excluding carboxylic acids is 1. The maximum atomic E-state index is 12.7. The Bertz CT molecular complexity index is 939. The SMILES string of the molecule is O=C(Nc1ccccc1)N1C[C@H]2CN(CC(c3ccccc3)c3ccccc3)C[C@H]2C1. The van der Waals surface area contributed by atoms with Crippen molar-refractivity contribution in [2.45, 2.75) is 5.92 Å². The van der Waals surface area contributed by atoms with Crippen LogP contribution in [0.2, 0.25) is 0 Å². The van der Waals surface area contributed by atoms with Crippen LogP contribution in [0.5, 0.6) is 0 Å². The molecule has 0 aliphatic carbocycles. The van der Waals surface area contributed by atoms with Crippen molar-refractivity contribution in [2.24, 2.45) is 11.8 Å². The van der Waals surface area contributed by atoms with Crippen LogP contribution in [0, 0.1) is 11.8 Å². The number of amides is 2. The van der Waals surface area contributed by atoms with Gasteiger partial charge < -0.3 is 15.1 Å². The van der Waals surface area contributed by atoms with E-state index in [1.807, 2.05) is 35.2 Å². The van der Waals surface area contributed by atoms with Gasteiger partial charge in [-0.1, -0.05) is 78.9 Å². The van der Waals surface area contributed by atoms with E-state index >= 15 is 0 Å². The highest BCUT2D eigenvalue weighted by Crippen LogP contribution is 2.34. The number of nitrogens with zero attached hydrogens (tertiary/aromatic N) is 2. The molecule has 2 atom stereocenters. The Morgan fingerprint density at radius 2 is 1.23 bits per heavy atom. The lowest BCUT2D eigenvalue weighted by atomic mass is 9.91. The van der Waals surface area contributed by atoms with Crippen LogP contribution in [0.4, 0.5) is 10.5 Å². The molecular formula is C27H29N3O. The second-order valence-corrected chi connectivity index (χ2v) is 8.81. The van der Waals surface area contributed by atoms with E-state index in [0.717, 1.165) is 38.4 Å². The molecule has 158 valence electrons. The van der Waals surface area contributed by atoms with E-state index in [0.29, 0.717) is 17.8 Å². The summed E-state index contributed by atoms with van der Waals surface area (Å²) in [5, 5.41) is 3.03. The van der Waals surface area contributed by atoms with Gasteiger partial charge in [-0.3, -0.25) is 0 Å². The molecule has 2 aliphatic rings. The third kappa shape index (κ3) is 4.49.